The highest BCUT2D eigenvalue weighted by Gasteiger charge is 2.34. The summed E-state index contributed by atoms with van der Waals surface area (Å²) in [5, 5.41) is -0.142. The third-order valence-electron chi connectivity index (χ3n) is 3.43. The number of rotatable bonds is 7. The lowest BCUT2D eigenvalue weighted by Crippen LogP contribution is -2.34. The van der Waals surface area contributed by atoms with Crippen LogP contribution in [0.4, 0.5) is 0 Å². The van der Waals surface area contributed by atoms with E-state index in [1.54, 1.807) is 12.0 Å². The van der Waals surface area contributed by atoms with Crippen molar-refractivity contribution < 1.29 is 19.1 Å². The van der Waals surface area contributed by atoms with Crippen LogP contribution in [0.5, 0.6) is 5.75 Å². The second-order valence-corrected chi connectivity index (χ2v) is 6.10. The van der Waals surface area contributed by atoms with Gasteiger partial charge in [0.05, 0.1) is 19.5 Å². The summed E-state index contributed by atoms with van der Waals surface area (Å²) in [6, 6.07) is 7.56. The molecule has 1 fully saturated rings. The van der Waals surface area contributed by atoms with Gasteiger partial charge in [-0.25, -0.2) is 0 Å². The van der Waals surface area contributed by atoms with Gasteiger partial charge in [0.1, 0.15) is 17.7 Å². The molecule has 0 aromatic heterocycles. The van der Waals surface area contributed by atoms with Crippen LogP contribution in [-0.2, 0) is 14.3 Å². The zero-order valence-corrected chi connectivity index (χ0v) is 13.7. The molecule has 1 heterocycles. The number of hydrogen-bond acceptors (Lipinski definition) is 5. The van der Waals surface area contributed by atoms with Crippen LogP contribution < -0.4 is 4.74 Å². The van der Waals surface area contributed by atoms with E-state index in [1.807, 2.05) is 31.2 Å². The van der Waals surface area contributed by atoms with E-state index in [-0.39, 0.29) is 23.8 Å². The lowest BCUT2D eigenvalue weighted by atomic mass is 10.2. The normalized spacial score (nSPS) is 17.6. The fourth-order valence-corrected chi connectivity index (χ4v) is 3.37. The van der Waals surface area contributed by atoms with Crippen molar-refractivity contribution in [2.45, 2.75) is 25.1 Å². The Morgan fingerprint density at radius 3 is 2.73 bits per heavy atom. The van der Waals surface area contributed by atoms with Crippen molar-refractivity contribution in [3.05, 3.63) is 29.8 Å². The molecule has 0 N–H and O–H groups in total. The Hall–Kier alpha value is -1.69. The third kappa shape index (κ3) is 4.16. The predicted molar refractivity (Wildman–Crippen MR) is 85.8 cm³/mol. The smallest absolute Gasteiger partial charge is 0.325 e. The molecule has 0 radical (unpaired) electrons. The van der Waals surface area contributed by atoms with Crippen LogP contribution in [0.3, 0.4) is 0 Å². The second kappa shape index (κ2) is 8.08. The first-order valence-corrected chi connectivity index (χ1v) is 8.41. The summed E-state index contributed by atoms with van der Waals surface area (Å²) in [5.41, 5.74) is 0.984. The molecule has 22 heavy (non-hydrogen) atoms. The zero-order chi connectivity index (χ0) is 15.9. The molecule has 1 aromatic carbocycles. The van der Waals surface area contributed by atoms with Gasteiger partial charge in [-0.15, -0.1) is 11.8 Å². The van der Waals surface area contributed by atoms with Crippen LogP contribution in [0.2, 0.25) is 0 Å². The van der Waals surface area contributed by atoms with Gasteiger partial charge in [0.2, 0.25) is 5.91 Å². The van der Waals surface area contributed by atoms with Crippen molar-refractivity contribution in [1.82, 2.24) is 4.90 Å². The van der Waals surface area contributed by atoms with Crippen molar-refractivity contribution in [3.63, 3.8) is 0 Å². The number of thioether (sulfide) groups is 1. The van der Waals surface area contributed by atoms with E-state index in [1.165, 1.54) is 11.8 Å². The van der Waals surface area contributed by atoms with Crippen LogP contribution in [0.15, 0.2) is 24.3 Å². The van der Waals surface area contributed by atoms with Gasteiger partial charge in [0, 0.05) is 0 Å². The monoisotopic (exact) mass is 323 g/mol. The van der Waals surface area contributed by atoms with Crippen LogP contribution in [0.25, 0.3) is 0 Å². The minimum absolute atomic E-state index is 0.00619. The average molecular weight is 323 g/mol. The maximum atomic E-state index is 12.0. The van der Waals surface area contributed by atoms with E-state index in [2.05, 4.69) is 0 Å². The maximum absolute atomic E-state index is 12.0. The van der Waals surface area contributed by atoms with Crippen molar-refractivity contribution in [2.75, 3.05) is 26.0 Å². The molecule has 0 bridgehead atoms. The maximum Gasteiger partial charge on any atom is 0.325 e. The van der Waals surface area contributed by atoms with Crippen molar-refractivity contribution >= 4 is 23.6 Å². The Kier molecular flexibility index (Phi) is 6.12. The summed E-state index contributed by atoms with van der Waals surface area (Å²) >= 11 is 1.52. The summed E-state index contributed by atoms with van der Waals surface area (Å²) in [6.07, 6.45) is 1.82. The van der Waals surface area contributed by atoms with Crippen molar-refractivity contribution in [2.24, 2.45) is 0 Å². The Balaban J connectivity index is 2.00. The minimum atomic E-state index is -0.345. The number of ether oxygens (including phenoxy) is 2. The molecule has 5 nitrogen and oxygen atoms in total. The molecule has 120 valence electrons. The van der Waals surface area contributed by atoms with E-state index in [0.717, 1.165) is 24.2 Å². The van der Waals surface area contributed by atoms with Crippen molar-refractivity contribution in [1.29, 1.82) is 0 Å². The zero-order valence-electron chi connectivity index (χ0n) is 12.9. The van der Waals surface area contributed by atoms with E-state index in [9.17, 15) is 9.59 Å². The van der Waals surface area contributed by atoms with Gasteiger partial charge >= 0.3 is 5.97 Å². The Bertz CT molecular complexity index is 517. The minimum Gasteiger partial charge on any atom is -0.497 e. The number of hydrogen-bond donors (Lipinski definition) is 0. The van der Waals surface area contributed by atoms with Gasteiger partial charge in [-0.1, -0.05) is 25.5 Å². The number of esters is 1. The molecule has 6 heteroatoms. The van der Waals surface area contributed by atoms with Crippen LogP contribution in [0.1, 0.15) is 30.7 Å². The largest absolute Gasteiger partial charge is 0.497 e. The molecule has 2 rings (SSSR count). The van der Waals surface area contributed by atoms with E-state index >= 15 is 0 Å². The SMILES string of the molecule is CCCCOC(=O)CN1C(=O)CSC1c1ccc(OC)cc1. The van der Waals surface area contributed by atoms with E-state index in [4.69, 9.17) is 9.47 Å². The number of nitrogens with zero attached hydrogens (tertiary/aromatic N) is 1. The molecule has 1 unspecified atom stereocenters. The fraction of sp³-hybridized carbons (Fsp3) is 0.500. The van der Waals surface area contributed by atoms with Gasteiger partial charge in [0.25, 0.3) is 0 Å². The highest BCUT2D eigenvalue weighted by atomic mass is 32.2. The van der Waals surface area contributed by atoms with Crippen molar-refractivity contribution in [3.8, 4) is 5.75 Å². The number of unbranched alkanes of at least 4 members (excludes halogenated alkanes) is 1. The first-order valence-electron chi connectivity index (χ1n) is 7.36. The standard InChI is InChI=1S/C16H21NO4S/c1-3-4-9-21-15(19)10-17-14(18)11-22-16(17)12-5-7-13(20-2)8-6-12/h5-8,16H,3-4,9-11H2,1-2H3. The quantitative estimate of drug-likeness (QED) is 0.570. The molecule has 1 amide bonds. The summed E-state index contributed by atoms with van der Waals surface area (Å²) in [5.74, 6) is 0.781. The fourth-order valence-electron chi connectivity index (χ4n) is 2.18. The molecule has 1 atom stereocenters. The highest BCUT2D eigenvalue weighted by Crippen LogP contribution is 2.38. The van der Waals surface area contributed by atoms with Gasteiger partial charge < -0.3 is 14.4 Å². The number of methoxy groups -OCH3 is 1. The van der Waals surface area contributed by atoms with Gasteiger partial charge in [-0.05, 0) is 24.1 Å². The summed E-state index contributed by atoms with van der Waals surface area (Å²) < 4.78 is 10.3. The van der Waals surface area contributed by atoms with Gasteiger partial charge in [-0.3, -0.25) is 9.59 Å². The molecule has 0 aliphatic carbocycles. The highest BCUT2D eigenvalue weighted by molar-refractivity contribution is 8.00. The molecule has 0 saturated carbocycles. The summed E-state index contributed by atoms with van der Waals surface area (Å²) in [7, 11) is 1.61. The lowest BCUT2D eigenvalue weighted by molar-refractivity contribution is -0.148. The molecule has 1 aromatic rings. The van der Waals surface area contributed by atoms with Crippen LogP contribution >= 0.6 is 11.8 Å². The Morgan fingerprint density at radius 2 is 2.09 bits per heavy atom. The molecular weight excluding hydrogens is 302 g/mol. The topological polar surface area (TPSA) is 55.8 Å². The summed E-state index contributed by atoms with van der Waals surface area (Å²) in [4.78, 5) is 25.5. The number of amides is 1. The van der Waals surface area contributed by atoms with Gasteiger partial charge in [-0.2, -0.15) is 0 Å². The first-order chi connectivity index (χ1) is 10.7. The number of carbonyl (C=O) groups excluding carboxylic acids is 2. The molecule has 1 aliphatic heterocycles. The first kappa shape index (κ1) is 16.7. The Morgan fingerprint density at radius 1 is 1.36 bits per heavy atom. The van der Waals surface area contributed by atoms with E-state index < -0.39 is 0 Å². The van der Waals surface area contributed by atoms with Crippen LogP contribution in [0, 0.1) is 0 Å². The van der Waals surface area contributed by atoms with Gasteiger partial charge in [0.15, 0.2) is 0 Å². The average Bonchev–Trinajstić information content (AvgIpc) is 2.89. The van der Waals surface area contributed by atoms with E-state index in [0.29, 0.717) is 12.4 Å². The number of benzene rings is 1. The third-order valence-corrected chi connectivity index (χ3v) is 4.69. The molecule has 1 aliphatic rings. The lowest BCUT2D eigenvalue weighted by Gasteiger charge is -2.23. The van der Waals surface area contributed by atoms with Crippen LogP contribution in [-0.4, -0.2) is 42.8 Å². The summed E-state index contributed by atoms with van der Waals surface area (Å²) in [6.45, 7) is 2.46. The molecule has 1 saturated heterocycles. The molecule has 0 spiro atoms. The number of carbonyl (C=O) groups is 2. The molecular formula is C16H21NO4S. The predicted octanol–water partition coefficient (Wildman–Crippen LogP) is 2.61. The Labute approximate surface area is 135 Å². The second-order valence-electron chi connectivity index (χ2n) is 5.03.